The topological polar surface area (TPSA) is 66.4 Å². The maximum Gasteiger partial charge on any atom is 0.247 e. The number of carbonyl (C=O) groups is 2. The Balaban J connectivity index is 2.31. The molecule has 0 radical (unpaired) electrons. The molecule has 4 nitrogen and oxygen atoms in total. The van der Waals surface area contributed by atoms with E-state index in [9.17, 15) is 14.7 Å². The summed E-state index contributed by atoms with van der Waals surface area (Å²) < 4.78 is 0. The van der Waals surface area contributed by atoms with Crippen molar-refractivity contribution in [2.45, 2.75) is 6.10 Å². The SMILES string of the molecule is C=CC(=O)Nc1ccccc1C(=O)C(O)c1ccccc1. The molecule has 0 saturated carbocycles. The number of carbonyl (C=O) groups excluding carboxylic acids is 2. The molecule has 0 fully saturated rings. The van der Waals surface area contributed by atoms with E-state index in [0.717, 1.165) is 6.08 Å². The fourth-order valence-corrected chi connectivity index (χ4v) is 1.92. The van der Waals surface area contributed by atoms with Gasteiger partial charge in [-0.15, -0.1) is 0 Å². The first-order valence-corrected chi connectivity index (χ1v) is 6.43. The van der Waals surface area contributed by atoms with Crippen LogP contribution in [-0.4, -0.2) is 16.8 Å². The quantitative estimate of drug-likeness (QED) is 0.654. The third-order valence-corrected chi connectivity index (χ3v) is 3.00. The molecule has 1 unspecified atom stereocenters. The van der Waals surface area contributed by atoms with Crippen molar-refractivity contribution in [3.63, 3.8) is 0 Å². The lowest BCUT2D eigenvalue weighted by atomic mass is 9.98. The van der Waals surface area contributed by atoms with E-state index in [0.29, 0.717) is 11.3 Å². The number of aliphatic hydroxyl groups is 1. The molecule has 2 N–H and O–H groups in total. The standard InChI is InChI=1S/C17H15NO3/c1-2-15(19)18-14-11-7-6-10-13(14)17(21)16(20)12-8-4-3-5-9-12/h2-11,16,20H,1H2,(H,18,19). The highest BCUT2D eigenvalue weighted by Crippen LogP contribution is 2.23. The van der Waals surface area contributed by atoms with E-state index in [1.54, 1.807) is 54.6 Å². The molecule has 0 spiro atoms. The Hall–Kier alpha value is -2.72. The molecule has 0 aliphatic rings. The average molecular weight is 281 g/mol. The molecule has 0 bridgehead atoms. The van der Waals surface area contributed by atoms with Crippen molar-refractivity contribution in [3.05, 3.63) is 78.4 Å². The second kappa shape index (κ2) is 6.63. The number of ketones is 1. The summed E-state index contributed by atoms with van der Waals surface area (Å²) in [5.74, 6) is -0.884. The van der Waals surface area contributed by atoms with E-state index in [1.807, 2.05) is 0 Å². The van der Waals surface area contributed by atoms with Crippen LogP contribution in [0.4, 0.5) is 5.69 Å². The minimum Gasteiger partial charge on any atom is -0.380 e. The van der Waals surface area contributed by atoms with Gasteiger partial charge >= 0.3 is 0 Å². The van der Waals surface area contributed by atoms with Gasteiger partial charge in [-0.1, -0.05) is 49.0 Å². The molecule has 0 aromatic heterocycles. The van der Waals surface area contributed by atoms with Gasteiger partial charge in [0.05, 0.1) is 5.69 Å². The molecule has 2 rings (SSSR count). The first kappa shape index (κ1) is 14.7. The third kappa shape index (κ3) is 3.43. The Morgan fingerprint density at radius 1 is 1.05 bits per heavy atom. The molecule has 1 amide bonds. The van der Waals surface area contributed by atoms with Gasteiger partial charge in [-0.2, -0.15) is 0 Å². The van der Waals surface area contributed by atoms with Gasteiger partial charge in [-0.3, -0.25) is 9.59 Å². The van der Waals surface area contributed by atoms with Gasteiger partial charge in [0.25, 0.3) is 0 Å². The first-order chi connectivity index (χ1) is 10.1. The van der Waals surface area contributed by atoms with Crippen LogP contribution in [0.3, 0.4) is 0 Å². The number of para-hydroxylation sites is 1. The molecule has 0 heterocycles. The van der Waals surface area contributed by atoms with E-state index in [-0.39, 0.29) is 5.56 Å². The number of anilines is 1. The van der Waals surface area contributed by atoms with Crippen LogP contribution in [0, 0.1) is 0 Å². The predicted octanol–water partition coefficient (Wildman–Crippen LogP) is 2.73. The zero-order chi connectivity index (χ0) is 15.2. The highest BCUT2D eigenvalue weighted by atomic mass is 16.3. The molecule has 0 saturated heterocycles. The third-order valence-electron chi connectivity index (χ3n) is 3.00. The lowest BCUT2D eigenvalue weighted by Gasteiger charge is -2.13. The number of nitrogens with one attached hydrogen (secondary N) is 1. The summed E-state index contributed by atoms with van der Waals surface area (Å²) in [7, 11) is 0. The van der Waals surface area contributed by atoms with Gasteiger partial charge in [0.15, 0.2) is 5.78 Å². The largest absolute Gasteiger partial charge is 0.380 e. The van der Waals surface area contributed by atoms with Crippen molar-refractivity contribution < 1.29 is 14.7 Å². The summed E-state index contributed by atoms with van der Waals surface area (Å²) in [6.07, 6.45) is -0.150. The second-order valence-electron chi connectivity index (χ2n) is 4.42. The summed E-state index contributed by atoms with van der Waals surface area (Å²) in [4.78, 5) is 23.8. The van der Waals surface area contributed by atoms with Crippen LogP contribution in [0.1, 0.15) is 22.0 Å². The molecule has 0 aliphatic heterocycles. The van der Waals surface area contributed by atoms with Crippen molar-refractivity contribution in [3.8, 4) is 0 Å². The Bertz CT molecular complexity index is 665. The van der Waals surface area contributed by atoms with Crippen molar-refractivity contribution in [2.24, 2.45) is 0 Å². The van der Waals surface area contributed by atoms with E-state index in [1.165, 1.54) is 0 Å². The number of benzene rings is 2. The minimum absolute atomic E-state index is 0.254. The summed E-state index contributed by atoms with van der Waals surface area (Å²) in [5, 5.41) is 12.7. The number of rotatable bonds is 5. The highest BCUT2D eigenvalue weighted by molar-refractivity contribution is 6.08. The van der Waals surface area contributed by atoms with Crippen LogP contribution in [0.25, 0.3) is 0 Å². The molecule has 2 aromatic carbocycles. The van der Waals surface area contributed by atoms with Crippen molar-refractivity contribution in [2.75, 3.05) is 5.32 Å². The normalized spacial score (nSPS) is 11.5. The van der Waals surface area contributed by atoms with Crippen LogP contribution in [0.2, 0.25) is 0 Å². The highest BCUT2D eigenvalue weighted by Gasteiger charge is 2.21. The Morgan fingerprint density at radius 3 is 2.33 bits per heavy atom. The minimum atomic E-state index is -1.27. The van der Waals surface area contributed by atoms with Crippen molar-refractivity contribution in [1.29, 1.82) is 0 Å². The molecule has 0 aliphatic carbocycles. The van der Waals surface area contributed by atoms with Crippen LogP contribution in [0.15, 0.2) is 67.3 Å². The molecular weight excluding hydrogens is 266 g/mol. The Morgan fingerprint density at radius 2 is 1.67 bits per heavy atom. The fourth-order valence-electron chi connectivity index (χ4n) is 1.92. The maximum atomic E-state index is 12.4. The number of hydrogen-bond acceptors (Lipinski definition) is 3. The van der Waals surface area contributed by atoms with Gasteiger partial charge < -0.3 is 10.4 Å². The van der Waals surface area contributed by atoms with Gasteiger partial charge in [-0.25, -0.2) is 0 Å². The number of hydrogen-bond donors (Lipinski definition) is 2. The fraction of sp³-hybridized carbons (Fsp3) is 0.0588. The Kier molecular flexibility index (Phi) is 4.64. The monoisotopic (exact) mass is 281 g/mol. The zero-order valence-electron chi connectivity index (χ0n) is 11.3. The van der Waals surface area contributed by atoms with Crippen LogP contribution >= 0.6 is 0 Å². The van der Waals surface area contributed by atoms with Crippen molar-refractivity contribution >= 4 is 17.4 Å². The van der Waals surface area contributed by atoms with E-state index in [2.05, 4.69) is 11.9 Å². The molecule has 2 aromatic rings. The van der Waals surface area contributed by atoms with Crippen LogP contribution < -0.4 is 5.32 Å². The molecular formula is C17H15NO3. The maximum absolute atomic E-state index is 12.4. The summed E-state index contributed by atoms with van der Waals surface area (Å²) in [6.45, 7) is 3.37. The predicted molar refractivity (Wildman–Crippen MR) is 81.0 cm³/mol. The van der Waals surface area contributed by atoms with Crippen molar-refractivity contribution in [1.82, 2.24) is 0 Å². The Labute approximate surface area is 122 Å². The van der Waals surface area contributed by atoms with Crippen LogP contribution in [-0.2, 0) is 4.79 Å². The average Bonchev–Trinajstić information content (AvgIpc) is 2.54. The van der Waals surface area contributed by atoms with Gasteiger partial charge in [0.2, 0.25) is 5.91 Å². The summed E-state index contributed by atoms with van der Waals surface area (Å²) in [5.41, 5.74) is 1.11. The number of amides is 1. The van der Waals surface area contributed by atoms with E-state index >= 15 is 0 Å². The van der Waals surface area contributed by atoms with Gasteiger partial charge in [0, 0.05) is 5.56 Å². The number of Topliss-reactive ketones (excluding diaryl/α,β-unsaturated/α-hetero) is 1. The van der Waals surface area contributed by atoms with Crippen LogP contribution in [0.5, 0.6) is 0 Å². The molecule has 21 heavy (non-hydrogen) atoms. The smallest absolute Gasteiger partial charge is 0.247 e. The lowest BCUT2D eigenvalue weighted by molar-refractivity contribution is -0.111. The van der Waals surface area contributed by atoms with E-state index < -0.39 is 17.8 Å². The lowest BCUT2D eigenvalue weighted by Crippen LogP contribution is -2.16. The first-order valence-electron chi connectivity index (χ1n) is 6.43. The molecule has 1 atom stereocenters. The molecule has 106 valence electrons. The second-order valence-corrected chi connectivity index (χ2v) is 4.42. The van der Waals surface area contributed by atoms with E-state index in [4.69, 9.17) is 0 Å². The van der Waals surface area contributed by atoms with Gasteiger partial charge in [0.1, 0.15) is 6.10 Å². The summed E-state index contributed by atoms with van der Waals surface area (Å²) >= 11 is 0. The number of aliphatic hydroxyl groups excluding tert-OH is 1. The molecule has 4 heteroatoms. The summed E-state index contributed by atoms with van der Waals surface area (Å²) in [6, 6.07) is 15.2. The zero-order valence-corrected chi connectivity index (χ0v) is 11.3. The van der Waals surface area contributed by atoms with Gasteiger partial charge in [-0.05, 0) is 23.8 Å².